The van der Waals surface area contributed by atoms with Gasteiger partial charge >= 0.3 is 5.97 Å². The number of hydrogen-bond donors (Lipinski definition) is 3. The lowest BCUT2D eigenvalue weighted by Gasteiger charge is -2.09. The third kappa shape index (κ3) is 12.3. The van der Waals surface area contributed by atoms with Gasteiger partial charge in [-0.2, -0.15) is 0 Å². The molecule has 3 N–H and O–H groups in total. The Balaban J connectivity index is 2.26. The van der Waals surface area contributed by atoms with Gasteiger partial charge in [0.25, 0.3) is 11.6 Å². The molecule has 0 unspecified atom stereocenters. The van der Waals surface area contributed by atoms with Crippen molar-refractivity contribution in [2.24, 2.45) is 0 Å². The Labute approximate surface area is 191 Å². The van der Waals surface area contributed by atoms with E-state index in [-0.39, 0.29) is 24.2 Å². The number of nitrogens with zero attached hydrogens (tertiary/aromatic N) is 1. The number of aliphatic carboxylic acids is 1. The molecule has 0 radical (unpaired) electrons. The number of anilines is 1. The Hall–Kier alpha value is -2.64. The lowest BCUT2D eigenvalue weighted by atomic mass is 10.1. The summed E-state index contributed by atoms with van der Waals surface area (Å²) in [6.45, 7) is 2.85. The van der Waals surface area contributed by atoms with Gasteiger partial charge in [-0.15, -0.1) is 0 Å². The largest absolute Gasteiger partial charge is 0.481 e. The summed E-state index contributed by atoms with van der Waals surface area (Å²) < 4.78 is 0. The molecule has 0 saturated carbocycles. The van der Waals surface area contributed by atoms with Crippen LogP contribution in [0.5, 0.6) is 0 Å². The van der Waals surface area contributed by atoms with E-state index in [0.29, 0.717) is 12.2 Å². The van der Waals surface area contributed by atoms with Gasteiger partial charge in [0, 0.05) is 24.7 Å². The van der Waals surface area contributed by atoms with Gasteiger partial charge in [-0.05, 0) is 18.6 Å². The molecule has 0 fully saturated rings. The summed E-state index contributed by atoms with van der Waals surface area (Å²) in [6.07, 6.45) is 14.9. The fraction of sp³-hybridized carbons (Fsp3) is 0.667. The van der Waals surface area contributed by atoms with Crippen molar-refractivity contribution in [1.29, 1.82) is 0 Å². The fourth-order valence-corrected chi connectivity index (χ4v) is 3.55. The normalized spacial score (nSPS) is 10.7. The number of nitro benzene ring substituents is 1. The Morgan fingerprint density at radius 2 is 1.47 bits per heavy atom. The summed E-state index contributed by atoms with van der Waals surface area (Å²) in [4.78, 5) is 33.4. The molecular formula is C24H39N3O5. The van der Waals surface area contributed by atoms with E-state index < -0.39 is 16.8 Å². The average Bonchev–Trinajstić information content (AvgIpc) is 2.76. The van der Waals surface area contributed by atoms with E-state index in [1.165, 1.54) is 82.4 Å². The summed E-state index contributed by atoms with van der Waals surface area (Å²) in [5, 5.41) is 25.6. The zero-order chi connectivity index (χ0) is 23.6. The lowest BCUT2D eigenvalue weighted by Crippen LogP contribution is -2.26. The number of nitro groups is 1. The summed E-state index contributed by atoms with van der Waals surface area (Å²) in [7, 11) is 0. The van der Waals surface area contributed by atoms with E-state index in [4.69, 9.17) is 5.11 Å². The predicted octanol–water partition coefficient (Wildman–Crippen LogP) is 5.91. The van der Waals surface area contributed by atoms with Crippen LogP contribution in [0.3, 0.4) is 0 Å². The van der Waals surface area contributed by atoms with Crippen LogP contribution in [0.4, 0.5) is 11.4 Å². The second kappa shape index (κ2) is 17.0. The quantitative estimate of drug-likeness (QED) is 0.137. The van der Waals surface area contributed by atoms with Crippen LogP contribution in [0, 0.1) is 10.1 Å². The second-order valence-corrected chi connectivity index (χ2v) is 8.20. The number of nitrogens with one attached hydrogen (secondary N) is 2. The van der Waals surface area contributed by atoms with E-state index in [1.54, 1.807) is 0 Å². The Kier molecular flexibility index (Phi) is 14.5. The number of carboxylic acid groups (broad SMARTS) is 1. The molecule has 1 amide bonds. The minimum Gasteiger partial charge on any atom is -0.481 e. The number of benzene rings is 1. The molecule has 32 heavy (non-hydrogen) atoms. The molecule has 8 nitrogen and oxygen atoms in total. The van der Waals surface area contributed by atoms with Crippen LogP contribution in [-0.4, -0.2) is 35.0 Å². The summed E-state index contributed by atoms with van der Waals surface area (Å²) >= 11 is 0. The van der Waals surface area contributed by atoms with E-state index in [2.05, 4.69) is 17.6 Å². The van der Waals surface area contributed by atoms with Crippen LogP contribution in [-0.2, 0) is 4.79 Å². The van der Waals surface area contributed by atoms with Crippen molar-refractivity contribution in [1.82, 2.24) is 5.32 Å². The van der Waals surface area contributed by atoms with Gasteiger partial charge < -0.3 is 15.7 Å². The van der Waals surface area contributed by atoms with E-state index in [0.717, 1.165) is 12.8 Å². The second-order valence-electron chi connectivity index (χ2n) is 8.20. The van der Waals surface area contributed by atoms with Gasteiger partial charge in [0.15, 0.2) is 0 Å². The van der Waals surface area contributed by atoms with E-state index >= 15 is 0 Å². The van der Waals surface area contributed by atoms with Crippen LogP contribution in [0.2, 0.25) is 0 Å². The molecule has 0 atom stereocenters. The maximum Gasteiger partial charge on any atom is 0.305 e. The Morgan fingerprint density at radius 3 is 2.00 bits per heavy atom. The van der Waals surface area contributed by atoms with Gasteiger partial charge in [-0.1, -0.05) is 77.6 Å². The van der Waals surface area contributed by atoms with Crippen LogP contribution in [0.1, 0.15) is 101 Å². The first-order valence-corrected chi connectivity index (χ1v) is 12.0. The lowest BCUT2D eigenvalue weighted by molar-refractivity contribution is -0.384. The van der Waals surface area contributed by atoms with Gasteiger partial charge in [0.1, 0.15) is 5.69 Å². The summed E-state index contributed by atoms with van der Waals surface area (Å²) in [6, 6.07) is 4.26. The smallest absolute Gasteiger partial charge is 0.305 e. The topological polar surface area (TPSA) is 122 Å². The minimum absolute atomic E-state index is 0.0269. The molecule has 0 spiro atoms. The van der Waals surface area contributed by atoms with Crippen LogP contribution >= 0.6 is 0 Å². The number of rotatable bonds is 19. The molecule has 8 heteroatoms. The molecule has 0 bridgehead atoms. The first kappa shape index (κ1) is 27.4. The molecule has 1 aromatic carbocycles. The predicted molar refractivity (Wildman–Crippen MR) is 127 cm³/mol. The molecular weight excluding hydrogens is 410 g/mol. The van der Waals surface area contributed by atoms with Crippen molar-refractivity contribution in [3.63, 3.8) is 0 Å². The third-order valence-corrected chi connectivity index (χ3v) is 5.43. The highest BCUT2D eigenvalue weighted by Gasteiger charge is 2.17. The number of hydrogen-bond acceptors (Lipinski definition) is 5. The Morgan fingerprint density at radius 1 is 0.906 bits per heavy atom. The van der Waals surface area contributed by atoms with Gasteiger partial charge in [-0.25, -0.2) is 0 Å². The minimum atomic E-state index is -1.02. The maximum atomic E-state index is 12.1. The first-order chi connectivity index (χ1) is 15.5. The number of unbranched alkanes of at least 4 members (excludes halogenated alkanes) is 11. The highest BCUT2D eigenvalue weighted by Crippen LogP contribution is 2.25. The number of carbonyl (C=O) groups is 2. The SMILES string of the molecule is CCCCCCCCCCCCCCNc1ccc(C(=O)NCCC(=O)O)cc1[N+](=O)[O-]. The third-order valence-electron chi connectivity index (χ3n) is 5.43. The Bertz CT molecular complexity index is 709. The van der Waals surface area contributed by atoms with Crippen molar-refractivity contribution in [2.45, 2.75) is 90.4 Å². The average molecular weight is 450 g/mol. The molecule has 0 aliphatic rings. The van der Waals surface area contributed by atoms with E-state index in [1.807, 2.05) is 0 Å². The van der Waals surface area contributed by atoms with Crippen molar-refractivity contribution in [3.05, 3.63) is 33.9 Å². The van der Waals surface area contributed by atoms with Gasteiger partial charge in [0.2, 0.25) is 0 Å². The zero-order valence-corrected chi connectivity index (χ0v) is 19.4. The molecule has 1 rings (SSSR count). The maximum absolute atomic E-state index is 12.1. The molecule has 0 aliphatic carbocycles. The number of carbonyl (C=O) groups excluding carboxylic acids is 1. The van der Waals surface area contributed by atoms with Gasteiger partial charge in [-0.3, -0.25) is 19.7 Å². The van der Waals surface area contributed by atoms with Crippen molar-refractivity contribution in [3.8, 4) is 0 Å². The van der Waals surface area contributed by atoms with Crippen molar-refractivity contribution in [2.75, 3.05) is 18.4 Å². The molecule has 0 heterocycles. The van der Waals surface area contributed by atoms with Gasteiger partial charge in [0.05, 0.1) is 11.3 Å². The van der Waals surface area contributed by atoms with Crippen LogP contribution < -0.4 is 10.6 Å². The van der Waals surface area contributed by atoms with Crippen LogP contribution in [0.15, 0.2) is 18.2 Å². The van der Waals surface area contributed by atoms with E-state index in [9.17, 15) is 19.7 Å². The standard InChI is InChI=1S/C24H39N3O5/c1-2-3-4-5-6-7-8-9-10-11-12-13-17-25-21-15-14-20(19-22(21)27(31)32)24(30)26-18-16-23(28)29/h14-15,19,25H,2-13,16-18H2,1H3,(H,26,30)(H,28,29). The molecule has 0 saturated heterocycles. The zero-order valence-electron chi connectivity index (χ0n) is 19.4. The molecule has 0 aromatic heterocycles. The monoisotopic (exact) mass is 449 g/mol. The van der Waals surface area contributed by atoms with Crippen molar-refractivity contribution < 1.29 is 19.6 Å². The van der Waals surface area contributed by atoms with Crippen LogP contribution in [0.25, 0.3) is 0 Å². The fourth-order valence-electron chi connectivity index (χ4n) is 3.55. The first-order valence-electron chi connectivity index (χ1n) is 12.0. The highest BCUT2D eigenvalue weighted by molar-refractivity contribution is 5.95. The van der Waals surface area contributed by atoms with Crippen molar-refractivity contribution >= 4 is 23.3 Å². The highest BCUT2D eigenvalue weighted by atomic mass is 16.6. The summed E-state index contributed by atoms with van der Waals surface area (Å²) in [5.41, 5.74) is 0.369. The number of carboxylic acids is 1. The summed E-state index contributed by atoms with van der Waals surface area (Å²) in [5.74, 6) is -1.55. The molecule has 0 aliphatic heterocycles. The molecule has 1 aromatic rings. The molecule has 180 valence electrons. The number of amides is 1.